The number of fused-ring (bicyclic) bond motifs is 1. The summed E-state index contributed by atoms with van der Waals surface area (Å²) in [5, 5.41) is 0.264. The fourth-order valence-electron chi connectivity index (χ4n) is 1.66. The number of H-pyrrole nitrogens is 1. The van der Waals surface area contributed by atoms with Gasteiger partial charge in [-0.25, -0.2) is 19.3 Å². The highest BCUT2D eigenvalue weighted by Gasteiger charge is 2.12. The second-order valence-corrected chi connectivity index (χ2v) is 4.07. The number of aromatic nitrogens is 4. The van der Waals surface area contributed by atoms with Crippen LogP contribution in [0, 0.1) is 5.82 Å². The van der Waals surface area contributed by atoms with Crippen molar-refractivity contribution in [3.05, 3.63) is 35.4 Å². The molecule has 0 radical (unpaired) electrons. The lowest BCUT2D eigenvalue weighted by Crippen LogP contribution is -1.91. The quantitative estimate of drug-likeness (QED) is 0.706. The average molecular weight is 264 g/mol. The van der Waals surface area contributed by atoms with Gasteiger partial charge in [0.15, 0.2) is 11.5 Å². The van der Waals surface area contributed by atoms with Crippen LogP contribution in [0.5, 0.6) is 0 Å². The van der Waals surface area contributed by atoms with Crippen molar-refractivity contribution in [2.75, 3.05) is 5.73 Å². The second kappa shape index (κ2) is 3.92. The fraction of sp³-hybridized carbons (Fsp3) is 0. The zero-order chi connectivity index (χ0) is 12.7. The minimum Gasteiger partial charge on any atom is -0.382 e. The molecule has 0 saturated carbocycles. The first-order valence-corrected chi connectivity index (χ1v) is 5.44. The Bertz CT molecular complexity index is 739. The van der Waals surface area contributed by atoms with Crippen molar-refractivity contribution in [1.82, 2.24) is 19.9 Å². The number of hydrogen-bond donors (Lipinski definition) is 2. The van der Waals surface area contributed by atoms with Crippen molar-refractivity contribution in [3.63, 3.8) is 0 Å². The molecular weight excluding hydrogens is 257 g/mol. The highest BCUT2D eigenvalue weighted by molar-refractivity contribution is 6.33. The Balaban J connectivity index is 2.23. The normalized spacial score (nSPS) is 11.0. The van der Waals surface area contributed by atoms with Gasteiger partial charge in [0.2, 0.25) is 0 Å². The number of nitrogen functional groups attached to an aromatic ring is 1. The van der Waals surface area contributed by atoms with Crippen LogP contribution in [-0.4, -0.2) is 19.9 Å². The Kier molecular flexibility index (Phi) is 2.38. The van der Waals surface area contributed by atoms with Gasteiger partial charge < -0.3 is 10.7 Å². The van der Waals surface area contributed by atoms with Crippen molar-refractivity contribution >= 4 is 28.6 Å². The molecule has 0 bridgehead atoms. The zero-order valence-electron chi connectivity index (χ0n) is 8.98. The van der Waals surface area contributed by atoms with Crippen LogP contribution in [0.3, 0.4) is 0 Å². The number of benzene rings is 1. The van der Waals surface area contributed by atoms with Gasteiger partial charge in [0.25, 0.3) is 0 Å². The number of imidazole rings is 1. The van der Waals surface area contributed by atoms with Crippen molar-refractivity contribution in [3.8, 4) is 11.4 Å². The summed E-state index contributed by atoms with van der Waals surface area (Å²) in [5.41, 5.74) is 7.25. The Hall–Kier alpha value is -2.21. The van der Waals surface area contributed by atoms with Crippen LogP contribution in [0.4, 0.5) is 10.2 Å². The van der Waals surface area contributed by atoms with Crippen molar-refractivity contribution < 1.29 is 4.39 Å². The molecule has 3 N–H and O–H groups in total. The number of halogens is 2. The summed E-state index contributed by atoms with van der Waals surface area (Å²) < 4.78 is 13.0. The standard InChI is InChI=1S/C11H7ClFN5/c12-7-3-5(13)1-2-6(7)10-17-8-9(14)15-4-16-11(8)18-10/h1-4H,(H3,14,15,16,17,18). The van der Waals surface area contributed by atoms with Crippen LogP contribution in [-0.2, 0) is 0 Å². The minimum absolute atomic E-state index is 0.264. The molecule has 0 aliphatic heterocycles. The van der Waals surface area contributed by atoms with Gasteiger partial charge in [0, 0.05) is 5.56 Å². The number of nitrogens with one attached hydrogen (secondary N) is 1. The largest absolute Gasteiger partial charge is 0.382 e. The third-order valence-electron chi connectivity index (χ3n) is 2.50. The van der Waals surface area contributed by atoms with Crippen molar-refractivity contribution in [2.45, 2.75) is 0 Å². The van der Waals surface area contributed by atoms with E-state index in [0.717, 1.165) is 0 Å². The van der Waals surface area contributed by atoms with Crippen LogP contribution < -0.4 is 5.73 Å². The molecule has 0 fully saturated rings. The lowest BCUT2D eigenvalue weighted by Gasteiger charge is -1.99. The summed E-state index contributed by atoms with van der Waals surface area (Å²) in [6.45, 7) is 0. The summed E-state index contributed by atoms with van der Waals surface area (Å²) in [5.74, 6) is 0.373. The van der Waals surface area contributed by atoms with Gasteiger partial charge in [-0.2, -0.15) is 0 Å². The number of nitrogens with zero attached hydrogens (tertiary/aromatic N) is 3. The smallest absolute Gasteiger partial charge is 0.183 e. The van der Waals surface area contributed by atoms with E-state index in [1.54, 1.807) is 6.07 Å². The van der Waals surface area contributed by atoms with Gasteiger partial charge in [-0.15, -0.1) is 0 Å². The number of nitrogens with two attached hydrogens (primary N) is 1. The highest BCUT2D eigenvalue weighted by atomic mass is 35.5. The van der Waals surface area contributed by atoms with E-state index < -0.39 is 5.82 Å². The number of rotatable bonds is 1. The molecule has 3 aromatic rings. The molecule has 0 atom stereocenters. The highest BCUT2D eigenvalue weighted by Crippen LogP contribution is 2.28. The van der Waals surface area contributed by atoms with Crippen molar-refractivity contribution in [1.29, 1.82) is 0 Å². The van der Waals surface area contributed by atoms with Crippen LogP contribution in [0.25, 0.3) is 22.6 Å². The molecule has 3 rings (SSSR count). The molecule has 0 amide bonds. The van der Waals surface area contributed by atoms with E-state index in [-0.39, 0.29) is 5.02 Å². The van der Waals surface area contributed by atoms with E-state index in [9.17, 15) is 4.39 Å². The Morgan fingerprint density at radius 3 is 2.83 bits per heavy atom. The molecule has 0 spiro atoms. The molecule has 0 aliphatic carbocycles. The van der Waals surface area contributed by atoms with E-state index >= 15 is 0 Å². The summed E-state index contributed by atoms with van der Waals surface area (Å²) in [4.78, 5) is 15.1. The molecule has 5 nitrogen and oxygen atoms in total. The minimum atomic E-state index is -0.404. The third kappa shape index (κ3) is 1.67. The summed E-state index contributed by atoms with van der Waals surface area (Å²) in [6, 6.07) is 4.07. The maximum atomic E-state index is 13.0. The molecule has 90 valence electrons. The van der Waals surface area contributed by atoms with E-state index in [4.69, 9.17) is 17.3 Å². The second-order valence-electron chi connectivity index (χ2n) is 3.67. The van der Waals surface area contributed by atoms with Crippen LogP contribution in [0.2, 0.25) is 5.02 Å². The molecule has 1 aromatic carbocycles. The zero-order valence-corrected chi connectivity index (χ0v) is 9.74. The van der Waals surface area contributed by atoms with Crippen LogP contribution >= 0.6 is 11.6 Å². The Morgan fingerprint density at radius 1 is 1.28 bits per heavy atom. The fourth-order valence-corrected chi connectivity index (χ4v) is 1.91. The molecule has 0 saturated heterocycles. The van der Waals surface area contributed by atoms with E-state index in [1.807, 2.05) is 0 Å². The van der Waals surface area contributed by atoms with Crippen LogP contribution in [0.1, 0.15) is 0 Å². The first-order chi connectivity index (χ1) is 8.65. The maximum absolute atomic E-state index is 13.0. The number of aromatic amines is 1. The first kappa shape index (κ1) is 10.9. The van der Waals surface area contributed by atoms with Gasteiger partial charge in [0.05, 0.1) is 5.02 Å². The molecule has 2 heterocycles. The van der Waals surface area contributed by atoms with Gasteiger partial charge >= 0.3 is 0 Å². The van der Waals surface area contributed by atoms with Crippen molar-refractivity contribution in [2.24, 2.45) is 0 Å². The summed E-state index contributed by atoms with van der Waals surface area (Å²) in [7, 11) is 0. The van der Waals surface area contributed by atoms with Gasteiger partial charge in [-0.3, -0.25) is 0 Å². The summed E-state index contributed by atoms with van der Waals surface area (Å²) in [6.07, 6.45) is 1.33. The lowest BCUT2D eigenvalue weighted by molar-refractivity contribution is 0.628. The number of anilines is 1. The molecular formula is C11H7ClFN5. The molecule has 0 aliphatic rings. The Labute approximate surface area is 106 Å². The van der Waals surface area contributed by atoms with Crippen LogP contribution in [0.15, 0.2) is 24.5 Å². The van der Waals surface area contributed by atoms with Gasteiger partial charge in [-0.1, -0.05) is 11.6 Å². The predicted molar refractivity (Wildman–Crippen MR) is 66.5 cm³/mol. The monoisotopic (exact) mass is 263 g/mol. The maximum Gasteiger partial charge on any atom is 0.183 e. The third-order valence-corrected chi connectivity index (χ3v) is 2.82. The predicted octanol–water partition coefficient (Wildman–Crippen LogP) is 2.39. The first-order valence-electron chi connectivity index (χ1n) is 5.07. The van der Waals surface area contributed by atoms with Gasteiger partial charge in [-0.05, 0) is 18.2 Å². The SMILES string of the molecule is Nc1ncnc2nc(-c3ccc(F)cc3Cl)[nH]c12. The van der Waals surface area contributed by atoms with E-state index in [1.165, 1.54) is 18.5 Å². The lowest BCUT2D eigenvalue weighted by atomic mass is 10.2. The number of hydrogen-bond acceptors (Lipinski definition) is 4. The molecule has 7 heteroatoms. The van der Waals surface area contributed by atoms with Gasteiger partial charge in [0.1, 0.15) is 23.5 Å². The van der Waals surface area contributed by atoms with E-state index in [0.29, 0.717) is 28.4 Å². The topological polar surface area (TPSA) is 80.5 Å². The Morgan fingerprint density at radius 2 is 2.11 bits per heavy atom. The molecule has 0 unspecified atom stereocenters. The average Bonchev–Trinajstić information content (AvgIpc) is 2.74. The molecule has 18 heavy (non-hydrogen) atoms. The summed E-state index contributed by atoms with van der Waals surface area (Å²) >= 11 is 5.96. The van der Waals surface area contributed by atoms with E-state index in [2.05, 4.69) is 19.9 Å². The molecule has 2 aromatic heterocycles.